The number of hydrogen-bond donors (Lipinski definition) is 2. The van der Waals surface area contributed by atoms with Crippen molar-refractivity contribution in [3.63, 3.8) is 0 Å². The summed E-state index contributed by atoms with van der Waals surface area (Å²) in [4.78, 5) is 13.5. The van der Waals surface area contributed by atoms with Gasteiger partial charge in [0.2, 0.25) is 0 Å². The van der Waals surface area contributed by atoms with Crippen molar-refractivity contribution >= 4 is 23.2 Å². The molecule has 20 heavy (non-hydrogen) atoms. The van der Waals surface area contributed by atoms with Gasteiger partial charge < -0.3 is 20.1 Å². The van der Waals surface area contributed by atoms with Crippen molar-refractivity contribution in [2.24, 2.45) is 0 Å². The van der Waals surface area contributed by atoms with Crippen LogP contribution in [0.3, 0.4) is 0 Å². The lowest BCUT2D eigenvalue weighted by atomic mass is 10.2. The predicted molar refractivity (Wildman–Crippen MR) is 78.5 cm³/mol. The Morgan fingerprint density at radius 1 is 1.55 bits per heavy atom. The maximum Gasteiger partial charge on any atom is 0.265 e. The molecular weight excluding hydrogens is 280 g/mol. The fourth-order valence-corrected chi connectivity index (χ4v) is 2.26. The molecular formula is C14H19ClN2O3. The van der Waals surface area contributed by atoms with Crippen LogP contribution in [-0.2, 0) is 4.79 Å². The van der Waals surface area contributed by atoms with Crippen molar-refractivity contribution in [1.29, 1.82) is 0 Å². The molecule has 1 heterocycles. The summed E-state index contributed by atoms with van der Waals surface area (Å²) in [5.74, 6) is 0.442. The molecule has 0 saturated heterocycles. The zero-order valence-electron chi connectivity index (χ0n) is 11.4. The van der Waals surface area contributed by atoms with Crippen molar-refractivity contribution in [3.8, 4) is 5.75 Å². The standard InChI is InChI=1S/C14H19ClN2O3/c1-2-5-16-7-11(18)8-17-12-6-10(15)3-4-13(12)20-9-14(17)19/h3-4,6,11,16,18H,2,5,7-9H2,1H3. The van der Waals surface area contributed by atoms with E-state index < -0.39 is 6.10 Å². The van der Waals surface area contributed by atoms with Gasteiger partial charge in [-0.15, -0.1) is 0 Å². The van der Waals surface area contributed by atoms with Gasteiger partial charge in [0, 0.05) is 11.6 Å². The molecule has 110 valence electrons. The number of carbonyl (C=O) groups excluding carboxylic acids is 1. The first-order valence-electron chi connectivity index (χ1n) is 6.73. The van der Waals surface area contributed by atoms with Gasteiger partial charge in [-0.2, -0.15) is 0 Å². The minimum Gasteiger partial charge on any atom is -0.482 e. The molecule has 2 rings (SSSR count). The smallest absolute Gasteiger partial charge is 0.265 e. The molecule has 1 amide bonds. The number of hydrogen-bond acceptors (Lipinski definition) is 4. The Bertz CT molecular complexity index is 481. The number of β-amino-alcohol motifs (C(OH)–C–C–N with tert-alkyl or cyclic N) is 1. The summed E-state index contributed by atoms with van der Waals surface area (Å²) in [6.45, 7) is 3.57. The first-order valence-corrected chi connectivity index (χ1v) is 7.11. The predicted octanol–water partition coefficient (Wildman–Crippen LogP) is 1.43. The number of anilines is 1. The van der Waals surface area contributed by atoms with E-state index in [1.165, 1.54) is 4.90 Å². The summed E-state index contributed by atoms with van der Waals surface area (Å²) in [5, 5.41) is 13.7. The molecule has 1 aromatic rings. The summed E-state index contributed by atoms with van der Waals surface area (Å²) < 4.78 is 5.35. The minimum absolute atomic E-state index is 0.0102. The van der Waals surface area contributed by atoms with Gasteiger partial charge in [0.25, 0.3) is 5.91 Å². The van der Waals surface area contributed by atoms with Gasteiger partial charge in [0.15, 0.2) is 6.61 Å². The number of amides is 1. The van der Waals surface area contributed by atoms with Gasteiger partial charge >= 0.3 is 0 Å². The summed E-state index contributed by atoms with van der Waals surface area (Å²) in [7, 11) is 0. The van der Waals surface area contributed by atoms with Crippen LogP contribution in [0, 0.1) is 0 Å². The molecule has 1 aromatic carbocycles. The van der Waals surface area contributed by atoms with Crippen LogP contribution in [0.4, 0.5) is 5.69 Å². The Labute approximate surface area is 123 Å². The number of halogens is 1. The highest BCUT2D eigenvalue weighted by atomic mass is 35.5. The van der Waals surface area contributed by atoms with Gasteiger partial charge in [-0.25, -0.2) is 0 Å². The van der Waals surface area contributed by atoms with Crippen molar-refractivity contribution in [1.82, 2.24) is 5.32 Å². The van der Waals surface area contributed by atoms with Crippen LogP contribution in [0.5, 0.6) is 5.75 Å². The third-order valence-electron chi connectivity index (χ3n) is 3.06. The fourth-order valence-electron chi connectivity index (χ4n) is 2.10. The maximum atomic E-state index is 12.0. The number of aliphatic hydroxyl groups excluding tert-OH is 1. The zero-order chi connectivity index (χ0) is 14.5. The lowest BCUT2D eigenvalue weighted by molar-refractivity contribution is -0.121. The summed E-state index contributed by atoms with van der Waals surface area (Å²) in [6, 6.07) is 5.13. The molecule has 1 aliphatic rings. The molecule has 2 N–H and O–H groups in total. The molecule has 0 spiro atoms. The Morgan fingerprint density at radius 3 is 3.10 bits per heavy atom. The molecule has 0 radical (unpaired) electrons. The SMILES string of the molecule is CCCNCC(O)CN1C(=O)COc2ccc(Cl)cc21. The third-order valence-corrected chi connectivity index (χ3v) is 3.30. The van der Waals surface area contributed by atoms with Gasteiger partial charge in [0.1, 0.15) is 5.75 Å². The van der Waals surface area contributed by atoms with E-state index in [4.69, 9.17) is 16.3 Å². The number of nitrogens with zero attached hydrogens (tertiary/aromatic N) is 1. The lowest BCUT2D eigenvalue weighted by Gasteiger charge is -2.31. The number of fused-ring (bicyclic) bond motifs is 1. The summed E-state index contributed by atoms with van der Waals surface area (Å²) >= 11 is 5.96. The number of carbonyl (C=O) groups is 1. The van der Waals surface area contributed by atoms with Gasteiger partial charge in [-0.3, -0.25) is 4.79 Å². The zero-order valence-corrected chi connectivity index (χ0v) is 12.2. The average Bonchev–Trinajstić information content (AvgIpc) is 2.42. The van der Waals surface area contributed by atoms with E-state index in [2.05, 4.69) is 12.2 Å². The molecule has 1 atom stereocenters. The van der Waals surface area contributed by atoms with Crippen molar-refractivity contribution in [2.75, 3.05) is 31.1 Å². The first kappa shape index (κ1) is 15.1. The molecule has 0 saturated carbocycles. The van der Waals surface area contributed by atoms with Crippen LogP contribution in [0.15, 0.2) is 18.2 Å². The monoisotopic (exact) mass is 298 g/mol. The Morgan fingerprint density at radius 2 is 2.35 bits per heavy atom. The van der Waals surface area contributed by atoms with E-state index in [1.54, 1.807) is 18.2 Å². The van der Waals surface area contributed by atoms with Gasteiger partial charge in [-0.1, -0.05) is 18.5 Å². The van der Waals surface area contributed by atoms with Crippen LogP contribution in [0.2, 0.25) is 5.02 Å². The number of rotatable bonds is 6. The van der Waals surface area contributed by atoms with Crippen LogP contribution >= 0.6 is 11.6 Å². The van der Waals surface area contributed by atoms with Crippen LogP contribution in [0.1, 0.15) is 13.3 Å². The highest BCUT2D eigenvalue weighted by Gasteiger charge is 2.27. The molecule has 0 fully saturated rings. The van der Waals surface area contributed by atoms with Gasteiger partial charge in [0.05, 0.1) is 18.3 Å². The minimum atomic E-state index is -0.629. The van der Waals surface area contributed by atoms with E-state index >= 15 is 0 Å². The van der Waals surface area contributed by atoms with Crippen LogP contribution in [0.25, 0.3) is 0 Å². The Kier molecular flexibility index (Phi) is 5.23. The second-order valence-corrected chi connectivity index (χ2v) is 5.20. The van der Waals surface area contributed by atoms with Crippen LogP contribution < -0.4 is 15.0 Å². The topological polar surface area (TPSA) is 61.8 Å². The van der Waals surface area contributed by atoms with Crippen LogP contribution in [-0.4, -0.2) is 43.4 Å². The van der Waals surface area contributed by atoms with E-state index in [-0.39, 0.29) is 19.1 Å². The number of ether oxygens (including phenoxy) is 1. The largest absolute Gasteiger partial charge is 0.482 e. The van der Waals surface area contributed by atoms with E-state index in [0.717, 1.165) is 13.0 Å². The number of aliphatic hydroxyl groups is 1. The van der Waals surface area contributed by atoms with Crippen molar-refractivity contribution in [2.45, 2.75) is 19.4 Å². The number of benzene rings is 1. The quantitative estimate of drug-likeness (QED) is 0.780. The number of nitrogens with one attached hydrogen (secondary N) is 1. The van der Waals surface area contributed by atoms with E-state index in [0.29, 0.717) is 23.0 Å². The highest BCUT2D eigenvalue weighted by molar-refractivity contribution is 6.31. The van der Waals surface area contributed by atoms with Gasteiger partial charge in [-0.05, 0) is 31.2 Å². The Hall–Kier alpha value is -1.30. The van der Waals surface area contributed by atoms with E-state index in [1.807, 2.05) is 0 Å². The fraction of sp³-hybridized carbons (Fsp3) is 0.500. The van der Waals surface area contributed by atoms with Crippen molar-refractivity contribution < 1.29 is 14.6 Å². The Balaban J connectivity index is 2.07. The van der Waals surface area contributed by atoms with Crippen molar-refractivity contribution in [3.05, 3.63) is 23.2 Å². The molecule has 0 aliphatic carbocycles. The molecule has 1 unspecified atom stereocenters. The average molecular weight is 299 g/mol. The molecule has 6 heteroatoms. The summed E-state index contributed by atoms with van der Waals surface area (Å²) in [6.07, 6.45) is 0.372. The first-order chi connectivity index (χ1) is 9.61. The third kappa shape index (κ3) is 3.62. The second-order valence-electron chi connectivity index (χ2n) is 4.76. The molecule has 1 aliphatic heterocycles. The summed E-state index contributed by atoms with van der Waals surface area (Å²) in [5.41, 5.74) is 0.614. The molecule has 5 nitrogen and oxygen atoms in total. The normalized spacial score (nSPS) is 15.8. The van der Waals surface area contributed by atoms with E-state index in [9.17, 15) is 9.90 Å². The lowest BCUT2D eigenvalue weighted by Crippen LogP contribution is -2.45. The maximum absolute atomic E-state index is 12.0. The molecule has 0 aromatic heterocycles. The highest BCUT2D eigenvalue weighted by Crippen LogP contribution is 2.34. The molecule has 0 bridgehead atoms. The second kappa shape index (κ2) is 6.92.